The van der Waals surface area contributed by atoms with Crippen LogP contribution in [-0.4, -0.2) is 27.4 Å². The molecule has 0 spiro atoms. The van der Waals surface area contributed by atoms with Crippen LogP contribution in [0.25, 0.3) is 0 Å². The van der Waals surface area contributed by atoms with Crippen molar-refractivity contribution >= 4 is 10.1 Å². The van der Waals surface area contributed by atoms with Crippen LogP contribution in [0, 0.1) is 6.92 Å². The molecule has 1 rings (SSSR count). The van der Waals surface area contributed by atoms with Crippen molar-refractivity contribution in [3.05, 3.63) is 29.8 Å². The number of halogens is 2. The Hall–Kier alpha value is -1.01. The maximum Gasteiger partial charge on any atom is 0.297 e. The van der Waals surface area contributed by atoms with Crippen LogP contribution in [-0.2, 0) is 14.3 Å². The highest BCUT2D eigenvalue weighted by atomic mass is 32.2. The zero-order chi connectivity index (χ0) is 15.9. The molecule has 1 aromatic carbocycles. The Labute approximate surface area is 125 Å². The fourth-order valence-electron chi connectivity index (χ4n) is 1.80. The van der Waals surface area contributed by atoms with Crippen LogP contribution in [0.3, 0.4) is 0 Å². The summed E-state index contributed by atoms with van der Waals surface area (Å²) in [4.78, 5) is -0.0540. The topological polar surface area (TPSA) is 43.4 Å². The summed E-state index contributed by atoms with van der Waals surface area (Å²) in [6.07, 6.45) is -1.20. The summed E-state index contributed by atoms with van der Waals surface area (Å²) in [7, 11) is -4.04. The van der Waals surface area contributed by atoms with E-state index in [9.17, 15) is 17.2 Å². The number of aryl methyl sites for hydroxylation is 1. The molecule has 0 saturated carbocycles. The predicted molar refractivity (Wildman–Crippen MR) is 78.3 cm³/mol. The summed E-state index contributed by atoms with van der Waals surface area (Å²) in [6, 6.07) is 6.00. The Bertz CT molecular complexity index is 514. The smallest absolute Gasteiger partial charge is 0.263 e. The first-order valence-corrected chi connectivity index (χ1v) is 8.52. The summed E-state index contributed by atoms with van der Waals surface area (Å²) in [5.41, 5.74) is 0.900. The highest BCUT2D eigenvalue weighted by molar-refractivity contribution is 7.86. The standard InChI is InChI=1S/C15H22F2O3S/c1-3-4-5-6-14(16)15(17)11-20-21(18,19)13-9-7-12(2)8-10-13/h7-10,14-15H,3-6,11H2,1-2H3. The van der Waals surface area contributed by atoms with Crippen molar-refractivity contribution in [1.82, 2.24) is 0 Å². The first-order chi connectivity index (χ1) is 9.86. The number of hydrogen-bond acceptors (Lipinski definition) is 3. The molecule has 0 aliphatic rings. The Morgan fingerprint density at radius 2 is 1.71 bits per heavy atom. The Kier molecular flexibility index (Phi) is 7.25. The van der Waals surface area contributed by atoms with Crippen molar-refractivity contribution in [2.24, 2.45) is 0 Å². The van der Waals surface area contributed by atoms with Crippen molar-refractivity contribution < 1.29 is 21.4 Å². The van der Waals surface area contributed by atoms with E-state index >= 15 is 0 Å². The Balaban J connectivity index is 2.51. The van der Waals surface area contributed by atoms with Crippen molar-refractivity contribution in [2.45, 2.75) is 56.8 Å². The SMILES string of the molecule is CCCCCC(F)C(F)COS(=O)(=O)c1ccc(C)cc1. The van der Waals surface area contributed by atoms with Gasteiger partial charge in [0.15, 0.2) is 6.17 Å². The Morgan fingerprint density at radius 1 is 1.10 bits per heavy atom. The van der Waals surface area contributed by atoms with Crippen molar-refractivity contribution in [1.29, 1.82) is 0 Å². The summed E-state index contributed by atoms with van der Waals surface area (Å²) in [5.74, 6) is 0. The molecule has 2 atom stereocenters. The maximum atomic E-state index is 13.6. The third-order valence-corrected chi connectivity index (χ3v) is 4.46. The molecular formula is C15H22F2O3S. The van der Waals surface area contributed by atoms with Gasteiger partial charge in [0.05, 0.1) is 4.90 Å². The second-order valence-electron chi connectivity index (χ2n) is 5.08. The highest BCUT2D eigenvalue weighted by Crippen LogP contribution is 2.17. The number of benzene rings is 1. The lowest BCUT2D eigenvalue weighted by Crippen LogP contribution is -2.25. The minimum absolute atomic E-state index is 0.0540. The molecule has 0 fully saturated rings. The molecule has 6 heteroatoms. The molecule has 120 valence electrons. The molecule has 0 radical (unpaired) electrons. The minimum atomic E-state index is -4.04. The molecule has 0 bridgehead atoms. The van der Waals surface area contributed by atoms with Crippen LogP contribution in [0.15, 0.2) is 29.2 Å². The molecule has 1 aromatic rings. The molecule has 0 saturated heterocycles. The first kappa shape index (κ1) is 18.0. The van der Waals surface area contributed by atoms with Gasteiger partial charge in [-0.15, -0.1) is 0 Å². The van der Waals surface area contributed by atoms with E-state index in [1.807, 2.05) is 13.8 Å². The van der Waals surface area contributed by atoms with Gasteiger partial charge in [-0.25, -0.2) is 8.78 Å². The van der Waals surface area contributed by atoms with Gasteiger partial charge in [0.25, 0.3) is 10.1 Å². The van der Waals surface area contributed by atoms with E-state index in [1.165, 1.54) is 12.1 Å². The van der Waals surface area contributed by atoms with Crippen molar-refractivity contribution in [3.63, 3.8) is 0 Å². The summed E-state index contributed by atoms with van der Waals surface area (Å²) in [5, 5.41) is 0. The van der Waals surface area contributed by atoms with Gasteiger partial charge in [-0.2, -0.15) is 8.42 Å². The number of unbranched alkanes of at least 4 members (excludes halogenated alkanes) is 2. The third kappa shape index (κ3) is 6.09. The number of hydrogen-bond donors (Lipinski definition) is 0. The summed E-state index contributed by atoms with van der Waals surface area (Å²) >= 11 is 0. The monoisotopic (exact) mass is 320 g/mol. The zero-order valence-electron chi connectivity index (χ0n) is 12.4. The molecule has 0 amide bonds. The lowest BCUT2D eigenvalue weighted by molar-refractivity contribution is 0.104. The molecule has 2 unspecified atom stereocenters. The van der Waals surface area contributed by atoms with Crippen molar-refractivity contribution in [2.75, 3.05) is 6.61 Å². The lowest BCUT2D eigenvalue weighted by Gasteiger charge is -2.13. The zero-order valence-corrected chi connectivity index (χ0v) is 13.2. The van der Waals surface area contributed by atoms with Gasteiger partial charge in [-0.05, 0) is 25.5 Å². The molecule has 0 N–H and O–H groups in total. The molecular weight excluding hydrogens is 298 g/mol. The van der Waals surface area contributed by atoms with Gasteiger partial charge in [-0.1, -0.05) is 43.9 Å². The van der Waals surface area contributed by atoms with Crippen LogP contribution in [0.1, 0.15) is 38.2 Å². The van der Waals surface area contributed by atoms with Gasteiger partial charge >= 0.3 is 0 Å². The maximum absolute atomic E-state index is 13.6. The molecule has 21 heavy (non-hydrogen) atoms. The molecule has 0 aliphatic heterocycles. The van der Waals surface area contributed by atoms with Gasteiger partial charge in [0, 0.05) is 0 Å². The largest absolute Gasteiger partial charge is 0.297 e. The quantitative estimate of drug-likeness (QED) is 0.511. The van der Waals surface area contributed by atoms with Gasteiger partial charge in [0.2, 0.25) is 0 Å². The molecule has 0 heterocycles. The summed E-state index contributed by atoms with van der Waals surface area (Å²) in [6.45, 7) is 3.00. The minimum Gasteiger partial charge on any atom is -0.263 e. The fraction of sp³-hybridized carbons (Fsp3) is 0.600. The van der Waals surface area contributed by atoms with Crippen LogP contribution in [0.4, 0.5) is 8.78 Å². The van der Waals surface area contributed by atoms with Gasteiger partial charge in [-0.3, -0.25) is 4.18 Å². The average Bonchev–Trinajstić information content (AvgIpc) is 2.45. The van der Waals surface area contributed by atoms with E-state index < -0.39 is 29.1 Å². The van der Waals surface area contributed by atoms with E-state index in [0.717, 1.165) is 18.4 Å². The highest BCUT2D eigenvalue weighted by Gasteiger charge is 2.24. The van der Waals surface area contributed by atoms with E-state index in [2.05, 4.69) is 4.18 Å². The van der Waals surface area contributed by atoms with Crippen LogP contribution < -0.4 is 0 Å². The molecule has 0 aromatic heterocycles. The third-order valence-electron chi connectivity index (χ3n) is 3.17. The molecule has 3 nitrogen and oxygen atoms in total. The lowest BCUT2D eigenvalue weighted by atomic mass is 10.1. The van der Waals surface area contributed by atoms with E-state index in [0.29, 0.717) is 6.42 Å². The summed E-state index contributed by atoms with van der Waals surface area (Å²) < 4.78 is 55.3. The first-order valence-electron chi connectivity index (χ1n) is 7.11. The van der Waals surface area contributed by atoms with Crippen LogP contribution in [0.2, 0.25) is 0 Å². The van der Waals surface area contributed by atoms with Crippen molar-refractivity contribution in [3.8, 4) is 0 Å². The normalized spacial score (nSPS) is 14.9. The van der Waals surface area contributed by atoms with Gasteiger partial charge in [0.1, 0.15) is 12.8 Å². The number of rotatable bonds is 9. The molecule has 0 aliphatic carbocycles. The second-order valence-corrected chi connectivity index (χ2v) is 6.69. The van der Waals surface area contributed by atoms with Gasteiger partial charge < -0.3 is 0 Å². The second kappa shape index (κ2) is 8.44. The average molecular weight is 320 g/mol. The Morgan fingerprint density at radius 3 is 2.29 bits per heavy atom. The van der Waals surface area contributed by atoms with Crippen LogP contribution >= 0.6 is 0 Å². The van der Waals surface area contributed by atoms with E-state index in [1.54, 1.807) is 12.1 Å². The predicted octanol–water partition coefficient (Wildman–Crippen LogP) is 3.96. The fourth-order valence-corrected chi connectivity index (χ4v) is 2.72. The van der Waals surface area contributed by atoms with Crippen LogP contribution in [0.5, 0.6) is 0 Å². The number of alkyl halides is 2. The van der Waals surface area contributed by atoms with E-state index in [4.69, 9.17) is 0 Å². The van der Waals surface area contributed by atoms with E-state index in [-0.39, 0.29) is 11.3 Å².